The molecule has 1 amide bonds. The van der Waals surface area contributed by atoms with Gasteiger partial charge in [-0.15, -0.1) is 12.4 Å². The van der Waals surface area contributed by atoms with Crippen molar-refractivity contribution in [2.75, 3.05) is 0 Å². The minimum absolute atomic E-state index is 0. The van der Waals surface area contributed by atoms with Gasteiger partial charge in [0.05, 0.1) is 12.2 Å². The summed E-state index contributed by atoms with van der Waals surface area (Å²) in [4.78, 5) is 17.0. The Bertz CT molecular complexity index is 720. The third kappa shape index (κ3) is 3.94. The maximum absolute atomic E-state index is 12.6. The Kier molecular flexibility index (Phi) is 5.99. The predicted octanol–water partition coefficient (Wildman–Crippen LogP) is 3.53. The smallest absolute Gasteiger partial charge is 0.226 e. The van der Waals surface area contributed by atoms with E-state index < -0.39 is 0 Å². The molecule has 2 aliphatic rings. The summed E-state index contributed by atoms with van der Waals surface area (Å²) < 4.78 is 5.52. The molecule has 140 valence electrons. The van der Waals surface area contributed by atoms with E-state index in [2.05, 4.69) is 10.3 Å². The fraction of sp³-hybridized carbons (Fsp3) is 0.500. The first kappa shape index (κ1) is 18.9. The maximum atomic E-state index is 12.6. The lowest BCUT2D eigenvalue weighted by Gasteiger charge is -2.43. The van der Waals surface area contributed by atoms with Crippen LogP contribution in [-0.4, -0.2) is 16.9 Å². The number of amides is 1. The summed E-state index contributed by atoms with van der Waals surface area (Å²) in [6, 6.07) is 10.1. The van der Waals surface area contributed by atoms with Crippen LogP contribution in [0.15, 0.2) is 41.0 Å². The monoisotopic (exact) mass is 375 g/mol. The molecule has 0 aliphatic heterocycles. The van der Waals surface area contributed by atoms with Gasteiger partial charge in [-0.25, -0.2) is 4.98 Å². The van der Waals surface area contributed by atoms with Crippen molar-refractivity contribution in [2.45, 2.75) is 44.7 Å². The lowest BCUT2D eigenvalue weighted by Crippen LogP contribution is -2.49. The molecule has 26 heavy (non-hydrogen) atoms. The minimum Gasteiger partial charge on any atom is -0.444 e. The SMILES string of the molecule is Cl.NC1C2CCCC1CC(C(=O)NCc1coc(-c3ccccc3)n1)C2. The molecule has 2 bridgehead atoms. The number of hydrogen-bond acceptors (Lipinski definition) is 4. The molecule has 1 aromatic carbocycles. The van der Waals surface area contributed by atoms with Crippen LogP contribution in [0.3, 0.4) is 0 Å². The van der Waals surface area contributed by atoms with Crippen LogP contribution in [0.2, 0.25) is 0 Å². The number of carbonyl (C=O) groups is 1. The van der Waals surface area contributed by atoms with Crippen molar-refractivity contribution in [2.24, 2.45) is 23.5 Å². The van der Waals surface area contributed by atoms with Crippen molar-refractivity contribution in [3.8, 4) is 11.5 Å². The number of aromatic nitrogens is 1. The summed E-state index contributed by atoms with van der Waals surface area (Å²) in [5, 5.41) is 3.04. The van der Waals surface area contributed by atoms with Crippen molar-refractivity contribution in [1.82, 2.24) is 10.3 Å². The molecule has 2 aliphatic carbocycles. The number of rotatable bonds is 4. The van der Waals surface area contributed by atoms with Crippen LogP contribution in [0.5, 0.6) is 0 Å². The van der Waals surface area contributed by atoms with Crippen LogP contribution in [0.4, 0.5) is 0 Å². The molecule has 0 saturated heterocycles. The summed E-state index contributed by atoms with van der Waals surface area (Å²) in [7, 11) is 0. The van der Waals surface area contributed by atoms with Crippen LogP contribution >= 0.6 is 12.4 Å². The zero-order valence-corrected chi connectivity index (χ0v) is 15.6. The van der Waals surface area contributed by atoms with Gasteiger partial charge in [-0.1, -0.05) is 24.6 Å². The summed E-state index contributed by atoms with van der Waals surface area (Å²) in [6.07, 6.45) is 7.08. The number of nitrogens with one attached hydrogen (secondary N) is 1. The van der Waals surface area contributed by atoms with Crippen LogP contribution in [-0.2, 0) is 11.3 Å². The summed E-state index contributed by atoms with van der Waals surface area (Å²) in [5.41, 5.74) is 8.00. The van der Waals surface area contributed by atoms with Gasteiger partial charge in [-0.2, -0.15) is 0 Å². The predicted molar refractivity (Wildman–Crippen MR) is 103 cm³/mol. The normalized spacial score (nSPS) is 27.4. The van der Waals surface area contributed by atoms with Crippen molar-refractivity contribution >= 4 is 18.3 Å². The maximum Gasteiger partial charge on any atom is 0.226 e. The van der Waals surface area contributed by atoms with Gasteiger partial charge in [0, 0.05) is 17.5 Å². The van der Waals surface area contributed by atoms with Crippen molar-refractivity contribution in [3.63, 3.8) is 0 Å². The quantitative estimate of drug-likeness (QED) is 0.856. The first-order chi connectivity index (χ1) is 12.2. The number of fused-ring (bicyclic) bond motifs is 2. The van der Waals surface area contributed by atoms with E-state index in [4.69, 9.17) is 10.2 Å². The first-order valence-corrected chi connectivity index (χ1v) is 9.24. The van der Waals surface area contributed by atoms with Crippen molar-refractivity contribution in [1.29, 1.82) is 0 Å². The lowest BCUT2D eigenvalue weighted by atomic mass is 9.65. The van der Waals surface area contributed by atoms with Gasteiger partial charge < -0.3 is 15.5 Å². The third-order valence-corrected chi connectivity index (χ3v) is 5.80. The molecule has 0 radical (unpaired) electrons. The van der Waals surface area contributed by atoms with E-state index in [1.54, 1.807) is 6.26 Å². The first-order valence-electron chi connectivity index (χ1n) is 9.24. The molecule has 0 spiro atoms. The van der Waals surface area contributed by atoms with Gasteiger partial charge in [0.1, 0.15) is 6.26 Å². The molecule has 3 N–H and O–H groups in total. The van der Waals surface area contributed by atoms with Gasteiger partial charge in [0.2, 0.25) is 11.8 Å². The van der Waals surface area contributed by atoms with Crippen molar-refractivity contribution < 1.29 is 9.21 Å². The number of nitrogens with zero attached hydrogens (tertiary/aromatic N) is 1. The Morgan fingerprint density at radius 2 is 1.88 bits per heavy atom. The fourth-order valence-corrected chi connectivity index (χ4v) is 4.43. The Labute approximate surface area is 160 Å². The zero-order valence-electron chi connectivity index (χ0n) is 14.8. The summed E-state index contributed by atoms with van der Waals surface area (Å²) in [6.45, 7) is 0.410. The average molecular weight is 376 g/mol. The van der Waals surface area contributed by atoms with E-state index >= 15 is 0 Å². The van der Waals surface area contributed by atoms with E-state index in [-0.39, 0.29) is 24.2 Å². The number of halogens is 1. The second-order valence-electron chi connectivity index (χ2n) is 7.42. The average Bonchev–Trinajstić information content (AvgIpc) is 3.09. The number of carbonyl (C=O) groups excluding carboxylic acids is 1. The fourth-order valence-electron chi connectivity index (χ4n) is 4.43. The Morgan fingerprint density at radius 1 is 1.19 bits per heavy atom. The number of benzene rings is 1. The van der Waals surface area contributed by atoms with E-state index in [1.165, 1.54) is 19.3 Å². The molecule has 2 saturated carbocycles. The highest BCUT2D eigenvalue weighted by atomic mass is 35.5. The summed E-state index contributed by atoms with van der Waals surface area (Å²) in [5.74, 6) is 1.84. The van der Waals surface area contributed by atoms with Gasteiger partial charge in [-0.3, -0.25) is 4.79 Å². The third-order valence-electron chi connectivity index (χ3n) is 5.80. The van der Waals surface area contributed by atoms with Gasteiger partial charge >= 0.3 is 0 Å². The number of nitrogens with two attached hydrogens (primary N) is 1. The molecular formula is C20H26ClN3O2. The largest absolute Gasteiger partial charge is 0.444 e. The van der Waals surface area contributed by atoms with Crippen LogP contribution in [0, 0.1) is 17.8 Å². The van der Waals surface area contributed by atoms with Crippen LogP contribution < -0.4 is 11.1 Å². The molecular weight excluding hydrogens is 350 g/mol. The van der Waals surface area contributed by atoms with E-state index in [0.29, 0.717) is 30.3 Å². The highest BCUT2D eigenvalue weighted by Crippen LogP contribution is 2.41. The van der Waals surface area contributed by atoms with Gasteiger partial charge in [0.25, 0.3) is 0 Å². The lowest BCUT2D eigenvalue weighted by molar-refractivity contribution is -0.128. The highest BCUT2D eigenvalue weighted by Gasteiger charge is 2.40. The Balaban J connectivity index is 0.00000196. The minimum atomic E-state index is 0. The zero-order chi connectivity index (χ0) is 17.2. The molecule has 6 heteroatoms. The molecule has 2 atom stereocenters. The second-order valence-corrected chi connectivity index (χ2v) is 7.42. The molecule has 1 heterocycles. The molecule has 4 rings (SSSR count). The van der Waals surface area contributed by atoms with Crippen molar-refractivity contribution in [3.05, 3.63) is 42.3 Å². The highest BCUT2D eigenvalue weighted by molar-refractivity contribution is 5.85. The molecule has 2 unspecified atom stereocenters. The molecule has 1 aromatic heterocycles. The molecule has 5 nitrogen and oxygen atoms in total. The van der Waals surface area contributed by atoms with Gasteiger partial charge in [-0.05, 0) is 49.7 Å². The van der Waals surface area contributed by atoms with Crippen LogP contribution in [0.1, 0.15) is 37.8 Å². The molecule has 2 fully saturated rings. The van der Waals surface area contributed by atoms with E-state index in [0.717, 1.165) is 24.1 Å². The topological polar surface area (TPSA) is 81.2 Å². The van der Waals surface area contributed by atoms with Crippen LogP contribution in [0.25, 0.3) is 11.5 Å². The number of oxazole rings is 1. The second kappa shape index (κ2) is 8.23. The number of hydrogen-bond donors (Lipinski definition) is 2. The molecule has 2 aromatic rings. The standard InChI is InChI=1S/C20H25N3O2.ClH/c21-18-14-7-4-8-15(18)10-16(9-14)19(24)22-11-17-12-25-20(23-17)13-5-2-1-3-6-13;/h1-3,5-6,12,14-16,18H,4,7-11,21H2,(H,22,24);1H. The van der Waals surface area contributed by atoms with E-state index in [9.17, 15) is 4.79 Å². The Hall–Kier alpha value is -1.85. The Morgan fingerprint density at radius 3 is 2.58 bits per heavy atom. The van der Waals surface area contributed by atoms with E-state index in [1.807, 2.05) is 30.3 Å². The summed E-state index contributed by atoms with van der Waals surface area (Å²) >= 11 is 0. The van der Waals surface area contributed by atoms with Gasteiger partial charge in [0.15, 0.2) is 0 Å².